The van der Waals surface area contributed by atoms with Crippen LogP contribution in [-0.2, 0) is 11.2 Å². The van der Waals surface area contributed by atoms with Crippen molar-refractivity contribution in [3.8, 4) is 0 Å². The Morgan fingerprint density at radius 3 is 2.53 bits per heavy atom. The van der Waals surface area contributed by atoms with Crippen LogP contribution in [0.2, 0.25) is 5.02 Å². The lowest BCUT2D eigenvalue weighted by molar-refractivity contribution is -0.119. The molecule has 19 heavy (non-hydrogen) atoms. The van der Waals surface area contributed by atoms with Crippen LogP contribution in [0.4, 0.5) is 5.69 Å². The zero-order valence-electron chi connectivity index (χ0n) is 10.6. The molecule has 0 aromatic heterocycles. The van der Waals surface area contributed by atoms with Crippen LogP contribution in [0.15, 0.2) is 48.5 Å². The molecule has 0 radical (unpaired) electrons. The van der Waals surface area contributed by atoms with Crippen molar-refractivity contribution in [1.82, 2.24) is 0 Å². The zero-order chi connectivity index (χ0) is 13.4. The van der Waals surface area contributed by atoms with Gasteiger partial charge in [-0.25, -0.2) is 0 Å². The van der Waals surface area contributed by atoms with Gasteiger partial charge in [0.25, 0.3) is 0 Å². The minimum Gasteiger partial charge on any atom is -0.315 e. The first-order chi connectivity index (χ1) is 9.16. The van der Waals surface area contributed by atoms with Crippen LogP contribution >= 0.6 is 11.6 Å². The fraction of sp³-hybridized carbons (Fsp3) is 0.188. The van der Waals surface area contributed by atoms with Gasteiger partial charge in [-0.1, -0.05) is 41.9 Å². The molecule has 0 aliphatic carbocycles. The highest BCUT2D eigenvalue weighted by Gasteiger charge is 2.34. The second-order valence-electron chi connectivity index (χ2n) is 4.84. The Kier molecular flexibility index (Phi) is 3.03. The first-order valence-corrected chi connectivity index (χ1v) is 6.65. The molecule has 0 spiro atoms. The van der Waals surface area contributed by atoms with E-state index in [1.54, 1.807) is 4.90 Å². The highest BCUT2D eigenvalue weighted by Crippen LogP contribution is 2.37. The van der Waals surface area contributed by atoms with E-state index in [4.69, 9.17) is 11.6 Å². The van der Waals surface area contributed by atoms with Crippen molar-refractivity contribution in [3.05, 3.63) is 64.7 Å². The number of anilines is 1. The molecule has 0 fully saturated rings. The first-order valence-electron chi connectivity index (χ1n) is 6.28. The van der Waals surface area contributed by atoms with E-state index in [-0.39, 0.29) is 11.8 Å². The number of nitrogens with zero attached hydrogens (tertiary/aromatic N) is 1. The van der Waals surface area contributed by atoms with Crippen molar-refractivity contribution >= 4 is 23.2 Å². The smallest absolute Gasteiger partial charge is 0.234 e. The van der Waals surface area contributed by atoms with Crippen LogP contribution < -0.4 is 4.90 Å². The summed E-state index contributed by atoms with van der Waals surface area (Å²) in [6.07, 6.45) is 0.720. The van der Waals surface area contributed by atoms with Gasteiger partial charge in [-0.3, -0.25) is 4.79 Å². The van der Waals surface area contributed by atoms with E-state index in [0.717, 1.165) is 28.3 Å². The van der Waals surface area contributed by atoms with E-state index in [9.17, 15) is 4.79 Å². The van der Waals surface area contributed by atoms with Gasteiger partial charge in [0.15, 0.2) is 0 Å². The minimum atomic E-state index is -0.0811. The second kappa shape index (κ2) is 4.71. The molecule has 1 aliphatic heterocycles. The molecule has 0 saturated carbocycles. The van der Waals surface area contributed by atoms with Crippen molar-refractivity contribution in [3.63, 3.8) is 0 Å². The molecule has 2 aromatic rings. The predicted molar refractivity (Wildman–Crippen MR) is 77.7 cm³/mol. The standard InChI is InChI=1S/C16H14ClNO/c1-18-15-5-3-2-4-13(15)14(16(18)19)10-11-6-8-12(17)9-7-11/h2-9,14H,10H2,1H3/t14-/m1/s1. The summed E-state index contributed by atoms with van der Waals surface area (Å²) < 4.78 is 0. The summed E-state index contributed by atoms with van der Waals surface area (Å²) in [6.45, 7) is 0. The van der Waals surface area contributed by atoms with Crippen LogP contribution in [0.25, 0.3) is 0 Å². The van der Waals surface area contributed by atoms with Gasteiger partial charge in [-0.05, 0) is 35.7 Å². The molecular weight excluding hydrogens is 258 g/mol. The van der Waals surface area contributed by atoms with Crippen LogP contribution in [0.3, 0.4) is 0 Å². The lowest BCUT2D eigenvalue weighted by atomic mass is 9.93. The van der Waals surface area contributed by atoms with E-state index in [1.807, 2.05) is 55.6 Å². The van der Waals surface area contributed by atoms with Crippen LogP contribution in [-0.4, -0.2) is 13.0 Å². The van der Waals surface area contributed by atoms with Gasteiger partial charge < -0.3 is 4.90 Å². The van der Waals surface area contributed by atoms with Crippen LogP contribution in [0.1, 0.15) is 17.0 Å². The SMILES string of the molecule is CN1C(=O)[C@H](Cc2ccc(Cl)cc2)c2ccccc21. The Hall–Kier alpha value is -1.80. The third-order valence-electron chi connectivity index (χ3n) is 3.66. The lowest BCUT2D eigenvalue weighted by Gasteiger charge is -2.11. The zero-order valence-corrected chi connectivity index (χ0v) is 11.4. The number of carbonyl (C=O) groups is 1. The van der Waals surface area contributed by atoms with Gasteiger partial charge in [0.05, 0.1) is 5.92 Å². The van der Waals surface area contributed by atoms with Crippen LogP contribution in [0, 0.1) is 0 Å². The normalized spacial score (nSPS) is 17.7. The molecule has 3 heteroatoms. The molecule has 0 unspecified atom stereocenters. The number of para-hydroxylation sites is 1. The van der Waals surface area contributed by atoms with Gasteiger partial charge in [0, 0.05) is 17.8 Å². The average Bonchev–Trinajstić information content (AvgIpc) is 2.67. The van der Waals surface area contributed by atoms with Crippen molar-refractivity contribution < 1.29 is 4.79 Å². The number of benzene rings is 2. The van der Waals surface area contributed by atoms with E-state index >= 15 is 0 Å². The molecule has 1 amide bonds. The number of amides is 1. The third kappa shape index (κ3) is 2.13. The van der Waals surface area contributed by atoms with E-state index in [0.29, 0.717) is 0 Å². The summed E-state index contributed by atoms with van der Waals surface area (Å²) in [7, 11) is 1.84. The van der Waals surface area contributed by atoms with Crippen LogP contribution in [0.5, 0.6) is 0 Å². The molecule has 1 heterocycles. The summed E-state index contributed by atoms with van der Waals surface area (Å²) in [5.74, 6) is 0.0820. The van der Waals surface area contributed by atoms with Gasteiger partial charge in [0.2, 0.25) is 5.91 Å². The van der Waals surface area contributed by atoms with Crippen molar-refractivity contribution in [2.24, 2.45) is 0 Å². The van der Waals surface area contributed by atoms with Gasteiger partial charge in [-0.15, -0.1) is 0 Å². The molecule has 96 valence electrons. The predicted octanol–water partition coefficient (Wildman–Crippen LogP) is 3.64. The fourth-order valence-electron chi connectivity index (χ4n) is 2.63. The molecule has 2 aromatic carbocycles. The molecule has 0 N–H and O–H groups in total. The number of carbonyl (C=O) groups excluding carboxylic acids is 1. The van der Waals surface area contributed by atoms with E-state index < -0.39 is 0 Å². The Labute approximate surface area is 117 Å². The average molecular weight is 272 g/mol. The number of rotatable bonds is 2. The topological polar surface area (TPSA) is 20.3 Å². The molecule has 1 atom stereocenters. The van der Waals surface area contributed by atoms with E-state index in [1.165, 1.54) is 0 Å². The molecule has 0 saturated heterocycles. The summed E-state index contributed by atoms with van der Waals surface area (Å²) in [5.41, 5.74) is 3.27. The highest BCUT2D eigenvalue weighted by molar-refractivity contribution is 6.30. The lowest BCUT2D eigenvalue weighted by Crippen LogP contribution is -2.24. The summed E-state index contributed by atoms with van der Waals surface area (Å²) in [4.78, 5) is 14.1. The van der Waals surface area contributed by atoms with E-state index in [2.05, 4.69) is 0 Å². The highest BCUT2D eigenvalue weighted by atomic mass is 35.5. The molecule has 1 aliphatic rings. The maximum atomic E-state index is 12.3. The first kappa shape index (κ1) is 12.2. The van der Waals surface area contributed by atoms with Gasteiger partial charge in [-0.2, -0.15) is 0 Å². The van der Waals surface area contributed by atoms with Gasteiger partial charge >= 0.3 is 0 Å². The van der Waals surface area contributed by atoms with Crippen molar-refractivity contribution in [2.75, 3.05) is 11.9 Å². The van der Waals surface area contributed by atoms with Crippen molar-refractivity contribution in [1.29, 1.82) is 0 Å². The fourth-order valence-corrected chi connectivity index (χ4v) is 2.75. The Morgan fingerprint density at radius 1 is 1.11 bits per heavy atom. The second-order valence-corrected chi connectivity index (χ2v) is 5.28. The molecular formula is C16H14ClNO. The Balaban J connectivity index is 1.93. The quantitative estimate of drug-likeness (QED) is 0.817. The number of hydrogen-bond acceptors (Lipinski definition) is 1. The maximum absolute atomic E-state index is 12.3. The Bertz CT molecular complexity index is 621. The summed E-state index contributed by atoms with van der Waals surface area (Å²) in [6, 6.07) is 15.7. The van der Waals surface area contributed by atoms with Gasteiger partial charge in [0.1, 0.15) is 0 Å². The monoisotopic (exact) mass is 271 g/mol. The number of fused-ring (bicyclic) bond motifs is 1. The molecule has 2 nitrogen and oxygen atoms in total. The number of halogens is 1. The summed E-state index contributed by atoms with van der Waals surface area (Å²) >= 11 is 5.89. The minimum absolute atomic E-state index is 0.0811. The third-order valence-corrected chi connectivity index (χ3v) is 3.91. The number of hydrogen-bond donors (Lipinski definition) is 0. The maximum Gasteiger partial charge on any atom is 0.234 e. The molecule has 0 bridgehead atoms. The number of likely N-dealkylation sites (N-methyl/N-ethyl adjacent to an activating group) is 1. The summed E-state index contributed by atoms with van der Waals surface area (Å²) in [5, 5.41) is 0.721. The molecule has 3 rings (SSSR count). The Morgan fingerprint density at radius 2 is 1.79 bits per heavy atom. The largest absolute Gasteiger partial charge is 0.315 e. The van der Waals surface area contributed by atoms with Crippen molar-refractivity contribution in [2.45, 2.75) is 12.3 Å².